The maximum atomic E-state index is 6.12. The van der Waals surface area contributed by atoms with E-state index in [1.165, 1.54) is 23.3 Å². The molecule has 0 unspecified atom stereocenters. The Balaban J connectivity index is 1.77. The molecule has 2 heterocycles. The van der Waals surface area contributed by atoms with Crippen LogP contribution >= 0.6 is 46.5 Å². The molecule has 9 heteroatoms. The highest BCUT2D eigenvalue weighted by atomic mass is 35.5. The standard InChI is InChI=1S/C18H13Cl2N5S2/c1-11-3-2-4-14(9-11)25-17(12-5-7-13(19)8-6-12)22-23-18(25)26-10-15-16(20)27-24-21-15/h2-9H,10H2,1H3. The molecule has 0 aliphatic heterocycles. The number of hydrogen-bond acceptors (Lipinski definition) is 6. The molecule has 4 aromatic rings. The Morgan fingerprint density at radius 3 is 2.56 bits per heavy atom. The van der Waals surface area contributed by atoms with Gasteiger partial charge in [-0.05, 0) is 48.9 Å². The van der Waals surface area contributed by atoms with Crippen molar-refractivity contribution in [2.75, 3.05) is 0 Å². The molecule has 0 spiro atoms. The van der Waals surface area contributed by atoms with E-state index in [1.807, 2.05) is 41.0 Å². The number of benzene rings is 2. The van der Waals surface area contributed by atoms with E-state index in [9.17, 15) is 0 Å². The summed E-state index contributed by atoms with van der Waals surface area (Å²) in [5.41, 5.74) is 3.84. The lowest BCUT2D eigenvalue weighted by molar-refractivity contribution is 0.883. The first-order valence-electron chi connectivity index (χ1n) is 8.00. The average Bonchev–Trinajstić information content (AvgIpc) is 3.26. The predicted octanol–water partition coefficient (Wildman–Crippen LogP) is 5.69. The van der Waals surface area contributed by atoms with E-state index in [0.29, 0.717) is 15.1 Å². The van der Waals surface area contributed by atoms with Crippen molar-refractivity contribution >= 4 is 46.5 Å². The summed E-state index contributed by atoms with van der Waals surface area (Å²) in [7, 11) is 0. The van der Waals surface area contributed by atoms with Crippen LogP contribution in [0.4, 0.5) is 0 Å². The minimum Gasteiger partial charge on any atom is -0.270 e. The van der Waals surface area contributed by atoms with Crippen LogP contribution in [0.2, 0.25) is 9.36 Å². The Bertz CT molecular complexity index is 1080. The fraction of sp³-hybridized carbons (Fsp3) is 0.111. The van der Waals surface area contributed by atoms with E-state index in [4.69, 9.17) is 23.2 Å². The van der Waals surface area contributed by atoms with Crippen LogP contribution in [0.25, 0.3) is 17.1 Å². The smallest absolute Gasteiger partial charge is 0.196 e. The highest BCUT2D eigenvalue weighted by Gasteiger charge is 2.17. The lowest BCUT2D eigenvalue weighted by atomic mass is 10.2. The number of aromatic nitrogens is 5. The van der Waals surface area contributed by atoms with Crippen LogP contribution in [-0.2, 0) is 5.75 Å². The molecule has 0 fully saturated rings. The molecule has 0 N–H and O–H groups in total. The summed E-state index contributed by atoms with van der Waals surface area (Å²) in [6.07, 6.45) is 0. The third-order valence-corrected chi connectivity index (χ3v) is 6.02. The van der Waals surface area contributed by atoms with E-state index in [2.05, 4.69) is 38.8 Å². The minimum atomic E-state index is 0.569. The van der Waals surface area contributed by atoms with Crippen molar-refractivity contribution in [3.8, 4) is 17.1 Å². The van der Waals surface area contributed by atoms with Crippen molar-refractivity contribution in [1.29, 1.82) is 0 Å². The van der Waals surface area contributed by atoms with Crippen LogP contribution < -0.4 is 0 Å². The Labute approximate surface area is 174 Å². The molecular weight excluding hydrogens is 421 g/mol. The number of thioether (sulfide) groups is 1. The van der Waals surface area contributed by atoms with Gasteiger partial charge in [0.1, 0.15) is 10.0 Å². The Hall–Kier alpha value is -1.93. The molecule has 0 bridgehead atoms. The van der Waals surface area contributed by atoms with E-state index < -0.39 is 0 Å². The third-order valence-electron chi connectivity index (χ3n) is 3.84. The van der Waals surface area contributed by atoms with E-state index in [0.717, 1.165) is 33.5 Å². The fourth-order valence-electron chi connectivity index (χ4n) is 2.57. The molecule has 0 aliphatic rings. The van der Waals surface area contributed by atoms with Gasteiger partial charge in [-0.25, -0.2) is 0 Å². The molecular formula is C18H13Cl2N5S2. The van der Waals surface area contributed by atoms with E-state index >= 15 is 0 Å². The first kappa shape index (κ1) is 18.4. The SMILES string of the molecule is Cc1cccc(-n2c(SCc3nnsc3Cl)nnc2-c2ccc(Cl)cc2)c1. The molecule has 0 saturated carbocycles. The summed E-state index contributed by atoms with van der Waals surface area (Å²) in [5, 5.41) is 14.3. The van der Waals surface area contributed by atoms with Gasteiger partial charge in [0.2, 0.25) is 0 Å². The number of aryl methyl sites for hydroxylation is 1. The zero-order chi connectivity index (χ0) is 18.8. The van der Waals surface area contributed by atoms with Crippen molar-refractivity contribution < 1.29 is 0 Å². The van der Waals surface area contributed by atoms with Crippen LogP contribution in [0, 0.1) is 6.92 Å². The number of halogens is 2. The van der Waals surface area contributed by atoms with Crippen LogP contribution in [0.3, 0.4) is 0 Å². The van der Waals surface area contributed by atoms with Gasteiger partial charge in [0.25, 0.3) is 0 Å². The summed E-state index contributed by atoms with van der Waals surface area (Å²) in [6.45, 7) is 2.06. The Morgan fingerprint density at radius 2 is 1.85 bits per heavy atom. The highest BCUT2D eigenvalue weighted by molar-refractivity contribution is 7.98. The monoisotopic (exact) mass is 433 g/mol. The first-order chi connectivity index (χ1) is 13.1. The van der Waals surface area contributed by atoms with Crippen LogP contribution in [0.5, 0.6) is 0 Å². The predicted molar refractivity (Wildman–Crippen MR) is 111 cm³/mol. The summed E-state index contributed by atoms with van der Waals surface area (Å²) in [4.78, 5) is 0. The molecule has 136 valence electrons. The highest BCUT2D eigenvalue weighted by Crippen LogP contribution is 2.32. The van der Waals surface area contributed by atoms with Gasteiger partial charge in [-0.1, -0.05) is 51.6 Å². The van der Waals surface area contributed by atoms with Gasteiger partial charge in [-0.3, -0.25) is 4.57 Å². The van der Waals surface area contributed by atoms with Crippen LogP contribution in [0.15, 0.2) is 53.7 Å². The summed E-state index contributed by atoms with van der Waals surface area (Å²) in [6, 6.07) is 15.8. The molecule has 5 nitrogen and oxygen atoms in total. The molecule has 0 radical (unpaired) electrons. The van der Waals surface area contributed by atoms with Gasteiger partial charge in [0, 0.05) is 33.6 Å². The zero-order valence-corrected chi connectivity index (χ0v) is 17.3. The molecule has 0 amide bonds. The van der Waals surface area contributed by atoms with Crippen LogP contribution in [0.1, 0.15) is 11.3 Å². The Morgan fingerprint density at radius 1 is 1.04 bits per heavy atom. The molecule has 0 atom stereocenters. The van der Waals surface area contributed by atoms with Gasteiger partial charge in [-0.2, -0.15) is 0 Å². The first-order valence-corrected chi connectivity index (χ1v) is 10.5. The Kier molecular flexibility index (Phi) is 5.45. The molecule has 0 saturated heterocycles. The topological polar surface area (TPSA) is 56.5 Å². The molecule has 2 aromatic heterocycles. The van der Waals surface area contributed by atoms with Gasteiger partial charge in [0.15, 0.2) is 11.0 Å². The van der Waals surface area contributed by atoms with Gasteiger partial charge < -0.3 is 0 Å². The van der Waals surface area contributed by atoms with E-state index in [-0.39, 0.29) is 0 Å². The second kappa shape index (κ2) is 7.98. The quantitative estimate of drug-likeness (QED) is 0.378. The second-order valence-electron chi connectivity index (χ2n) is 5.77. The molecule has 4 rings (SSSR count). The fourth-order valence-corrected chi connectivity index (χ4v) is 4.38. The molecule has 27 heavy (non-hydrogen) atoms. The van der Waals surface area contributed by atoms with E-state index in [1.54, 1.807) is 0 Å². The second-order valence-corrected chi connectivity index (χ2v) is 8.50. The number of nitrogens with zero attached hydrogens (tertiary/aromatic N) is 5. The maximum absolute atomic E-state index is 6.12. The largest absolute Gasteiger partial charge is 0.270 e. The minimum absolute atomic E-state index is 0.569. The van der Waals surface area contributed by atoms with Crippen molar-refractivity contribution in [2.45, 2.75) is 17.8 Å². The van der Waals surface area contributed by atoms with Gasteiger partial charge >= 0.3 is 0 Å². The van der Waals surface area contributed by atoms with Crippen molar-refractivity contribution in [3.05, 3.63) is 69.1 Å². The third kappa shape index (κ3) is 4.01. The number of rotatable bonds is 5. The normalized spacial score (nSPS) is 11.1. The lowest BCUT2D eigenvalue weighted by Crippen LogP contribution is -2.00. The summed E-state index contributed by atoms with van der Waals surface area (Å²) in [5.74, 6) is 1.32. The van der Waals surface area contributed by atoms with Crippen molar-refractivity contribution in [3.63, 3.8) is 0 Å². The molecule has 0 aliphatic carbocycles. The zero-order valence-electron chi connectivity index (χ0n) is 14.1. The lowest BCUT2D eigenvalue weighted by Gasteiger charge is -2.11. The summed E-state index contributed by atoms with van der Waals surface area (Å²) < 4.78 is 6.51. The maximum Gasteiger partial charge on any atom is 0.196 e. The summed E-state index contributed by atoms with van der Waals surface area (Å²) >= 11 is 14.9. The van der Waals surface area contributed by atoms with Gasteiger partial charge in [-0.15, -0.1) is 15.3 Å². The van der Waals surface area contributed by atoms with Gasteiger partial charge in [0.05, 0.1) is 0 Å². The van der Waals surface area contributed by atoms with Crippen molar-refractivity contribution in [2.24, 2.45) is 0 Å². The van der Waals surface area contributed by atoms with Crippen molar-refractivity contribution in [1.82, 2.24) is 24.4 Å². The molecule has 2 aromatic carbocycles. The number of hydrogen-bond donors (Lipinski definition) is 0. The van der Waals surface area contributed by atoms with Crippen LogP contribution in [-0.4, -0.2) is 24.4 Å². The average molecular weight is 434 g/mol.